The van der Waals surface area contributed by atoms with Crippen LogP contribution in [0.3, 0.4) is 0 Å². The largest absolute Gasteiger partial charge is 0.323 e. The van der Waals surface area contributed by atoms with E-state index in [2.05, 4.69) is 18.8 Å². The molecule has 1 unspecified atom stereocenters. The maximum Gasteiger partial charge on any atom is 0.136 e. The topological polar surface area (TPSA) is 38.9 Å². The molecule has 106 valence electrons. The second kappa shape index (κ2) is 4.64. The van der Waals surface area contributed by atoms with E-state index in [1.807, 2.05) is 6.07 Å². The van der Waals surface area contributed by atoms with Gasteiger partial charge in [0.05, 0.1) is 5.69 Å². The highest BCUT2D eigenvalue weighted by molar-refractivity contribution is 7.15. The molecule has 0 saturated carbocycles. The van der Waals surface area contributed by atoms with Gasteiger partial charge in [0.1, 0.15) is 10.8 Å². The standard InChI is InChI=1S/C16H19FN2S/c1-9-5-4-6-10(13(9)17)15-19-12-8-16(2,3)7-11(18)14(12)20-15/h4-6,11H,7-8,18H2,1-3H3. The number of aromatic nitrogens is 1. The lowest BCUT2D eigenvalue weighted by Crippen LogP contribution is -2.28. The first-order valence-electron chi connectivity index (χ1n) is 6.88. The Morgan fingerprint density at radius 3 is 2.90 bits per heavy atom. The van der Waals surface area contributed by atoms with Gasteiger partial charge < -0.3 is 5.73 Å². The van der Waals surface area contributed by atoms with Crippen molar-refractivity contribution in [1.82, 2.24) is 4.98 Å². The predicted molar refractivity (Wildman–Crippen MR) is 81.3 cm³/mol. The number of nitrogens with zero attached hydrogens (tertiary/aromatic N) is 1. The molecule has 1 atom stereocenters. The summed E-state index contributed by atoms with van der Waals surface area (Å²) in [6.45, 7) is 6.20. The van der Waals surface area contributed by atoms with Crippen LogP contribution in [0.15, 0.2) is 18.2 Å². The van der Waals surface area contributed by atoms with Gasteiger partial charge in [-0.25, -0.2) is 9.37 Å². The van der Waals surface area contributed by atoms with Crippen LogP contribution < -0.4 is 5.73 Å². The molecule has 1 aliphatic carbocycles. The molecule has 2 nitrogen and oxygen atoms in total. The molecule has 1 aromatic heterocycles. The summed E-state index contributed by atoms with van der Waals surface area (Å²) in [5, 5.41) is 0.754. The maximum absolute atomic E-state index is 14.2. The Morgan fingerprint density at radius 1 is 1.40 bits per heavy atom. The van der Waals surface area contributed by atoms with Crippen LogP contribution in [-0.2, 0) is 6.42 Å². The first-order valence-corrected chi connectivity index (χ1v) is 7.70. The molecule has 1 aliphatic rings. The van der Waals surface area contributed by atoms with Crippen LogP contribution in [0.1, 0.15) is 42.4 Å². The minimum atomic E-state index is -0.175. The fourth-order valence-corrected chi connectivity index (χ4v) is 4.02. The number of halogens is 1. The first kappa shape index (κ1) is 13.7. The van der Waals surface area contributed by atoms with E-state index in [1.54, 1.807) is 30.4 Å². The number of aryl methyl sites for hydroxylation is 1. The summed E-state index contributed by atoms with van der Waals surface area (Å²) in [5.41, 5.74) is 8.72. The fourth-order valence-electron chi connectivity index (χ4n) is 2.92. The van der Waals surface area contributed by atoms with Gasteiger partial charge in [-0.05, 0) is 36.8 Å². The summed E-state index contributed by atoms with van der Waals surface area (Å²) in [6, 6.07) is 5.47. The summed E-state index contributed by atoms with van der Waals surface area (Å²) >= 11 is 1.54. The Hall–Kier alpha value is -1.26. The lowest BCUT2D eigenvalue weighted by atomic mass is 9.77. The molecule has 0 aliphatic heterocycles. The lowest BCUT2D eigenvalue weighted by molar-refractivity contribution is 0.282. The molecule has 0 spiro atoms. The van der Waals surface area contributed by atoms with Gasteiger partial charge in [0, 0.05) is 16.5 Å². The number of thiazole rings is 1. The molecule has 1 heterocycles. The zero-order valence-electron chi connectivity index (χ0n) is 12.0. The zero-order chi connectivity index (χ0) is 14.5. The summed E-state index contributed by atoms with van der Waals surface area (Å²) < 4.78 is 14.2. The monoisotopic (exact) mass is 290 g/mol. The third-order valence-electron chi connectivity index (χ3n) is 3.91. The molecule has 4 heteroatoms. The van der Waals surface area contributed by atoms with Crippen LogP contribution in [0.2, 0.25) is 0 Å². The van der Waals surface area contributed by atoms with E-state index in [1.165, 1.54) is 0 Å². The van der Waals surface area contributed by atoms with Gasteiger partial charge in [0.2, 0.25) is 0 Å². The third kappa shape index (κ3) is 2.27. The summed E-state index contributed by atoms with van der Waals surface area (Å²) in [4.78, 5) is 5.79. The molecule has 1 aromatic carbocycles. The van der Waals surface area contributed by atoms with E-state index in [4.69, 9.17) is 5.73 Å². The van der Waals surface area contributed by atoms with Crippen molar-refractivity contribution >= 4 is 11.3 Å². The van der Waals surface area contributed by atoms with Gasteiger partial charge in [-0.3, -0.25) is 0 Å². The minimum Gasteiger partial charge on any atom is -0.323 e. The van der Waals surface area contributed by atoms with Crippen LogP contribution in [0, 0.1) is 18.2 Å². The lowest BCUT2D eigenvalue weighted by Gasteiger charge is -2.32. The maximum atomic E-state index is 14.2. The molecule has 0 amide bonds. The van der Waals surface area contributed by atoms with Crippen molar-refractivity contribution in [2.45, 2.75) is 39.7 Å². The van der Waals surface area contributed by atoms with Gasteiger partial charge in [0.15, 0.2) is 0 Å². The molecular weight excluding hydrogens is 271 g/mol. The number of fused-ring (bicyclic) bond motifs is 1. The van der Waals surface area contributed by atoms with Crippen LogP contribution in [-0.4, -0.2) is 4.98 Å². The van der Waals surface area contributed by atoms with Crippen molar-refractivity contribution in [2.75, 3.05) is 0 Å². The van der Waals surface area contributed by atoms with Crippen molar-refractivity contribution in [2.24, 2.45) is 11.1 Å². The smallest absolute Gasteiger partial charge is 0.136 e. The summed E-state index contributed by atoms with van der Waals surface area (Å²) in [6.07, 6.45) is 1.87. The van der Waals surface area contributed by atoms with Gasteiger partial charge >= 0.3 is 0 Å². The normalized spacial score (nSPS) is 20.8. The van der Waals surface area contributed by atoms with Crippen molar-refractivity contribution in [3.05, 3.63) is 40.2 Å². The van der Waals surface area contributed by atoms with E-state index < -0.39 is 0 Å². The van der Waals surface area contributed by atoms with Crippen LogP contribution >= 0.6 is 11.3 Å². The summed E-state index contributed by atoms with van der Waals surface area (Å²) in [5.74, 6) is -0.175. The molecule has 0 saturated heterocycles. The molecule has 2 N–H and O–H groups in total. The molecule has 0 fully saturated rings. The highest BCUT2D eigenvalue weighted by Gasteiger charge is 2.33. The average molecular weight is 290 g/mol. The number of benzene rings is 1. The Balaban J connectivity index is 2.08. The Bertz CT molecular complexity index is 660. The number of nitrogens with two attached hydrogens (primary N) is 1. The van der Waals surface area contributed by atoms with E-state index in [0.717, 1.165) is 28.4 Å². The van der Waals surface area contributed by atoms with Gasteiger partial charge in [-0.15, -0.1) is 11.3 Å². The number of rotatable bonds is 1. The first-order chi connectivity index (χ1) is 9.37. The molecule has 3 rings (SSSR count). The highest BCUT2D eigenvalue weighted by Crippen LogP contribution is 2.44. The van der Waals surface area contributed by atoms with Crippen LogP contribution in [0.25, 0.3) is 10.6 Å². The molecule has 2 aromatic rings. The Kier molecular flexibility index (Phi) is 3.18. The Morgan fingerprint density at radius 2 is 2.15 bits per heavy atom. The second-order valence-corrected chi connectivity index (χ2v) is 7.45. The van der Waals surface area contributed by atoms with Crippen LogP contribution in [0.4, 0.5) is 4.39 Å². The zero-order valence-corrected chi connectivity index (χ0v) is 12.9. The van der Waals surface area contributed by atoms with Crippen molar-refractivity contribution in [1.29, 1.82) is 0 Å². The number of hydrogen-bond acceptors (Lipinski definition) is 3. The van der Waals surface area contributed by atoms with Gasteiger partial charge in [0.25, 0.3) is 0 Å². The van der Waals surface area contributed by atoms with E-state index in [-0.39, 0.29) is 17.3 Å². The molecule has 0 bridgehead atoms. The molecular formula is C16H19FN2S. The number of hydrogen-bond donors (Lipinski definition) is 1. The van der Waals surface area contributed by atoms with Gasteiger partial charge in [-0.1, -0.05) is 26.0 Å². The van der Waals surface area contributed by atoms with E-state index in [9.17, 15) is 4.39 Å². The van der Waals surface area contributed by atoms with Gasteiger partial charge in [-0.2, -0.15) is 0 Å². The predicted octanol–water partition coefficient (Wildman–Crippen LogP) is 4.23. The average Bonchev–Trinajstić information content (AvgIpc) is 2.75. The molecule has 0 radical (unpaired) electrons. The van der Waals surface area contributed by atoms with Crippen molar-refractivity contribution in [3.63, 3.8) is 0 Å². The van der Waals surface area contributed by atoms with Crippen LogP contribution in [0.5, 0.6) is 0 Å². The fraction of sp³-hybridized carbons (Fsp3) is 0.438. The minimum absolute atomic E-state index is 0.0212. The summed E-state index contributed by atoms with van der Waals surface area (Å²) in [7, 11) is 0. The third-order valence-corrected chi connectivity index (χ3v) is 5.17. The van der Waals surface area contributed by atoms with E-state index in [0.29, 0.717) is 11.1 Å². The SMILES string of the molecule is Cc1cccc(-c2nc3c(s2)C(N)CC(C)(C)C3)c1F. The highest BCUT2D eigenvalue weighted by atomic mass is 32.1. The van der Waals surface area contributed by atoms with Crippen molar-refractivity contribution in [3.8, 4) is 10.6 Å². The van der Waals surface area contributed by atoms with E-state index >= 15 is 0 Å². The van der Waals surface area contributed by atoms with Crippen molar-refractivity contribution < 1.29 is 4.39 Å². The quantitative estimate of drug-likeness (QED) is 0.853. The second-order valence-electron chi connectivity index (χ2n) is 6.42. The Labute approximate surface area is 122 Å². The molecule has 20 heavy (non-hydrogen) atoms.